The predicted octanol–water partition coefficient (Wildman–Crippen LogP) is 3.51. The van der Waals surface area contributed by atoms with Gasteiger partial charge in [0.25, 0.3) is 0 Å². The lowest BCUT2D eigenvalue weighted by molar-refractivity contribution is 1.04. The van der Waals surface area contributed by atoms with Gasteiger partial charge < -0.3 is 5.32 Å². The molecule has 0 spiro atoms. The van der Waals surface area contributed by atoms with Crippen molar-refractivity contribution in [2.24, 2.45) is 0 Å². The van der Waals surface area contributed by atoms with E-state index in [2.05, 4.69) is 23.3 Å². The first-order chi connectivity index (χ1) is 8.38. The quantitative estimate of drug-likeness (QED) is 0.895. The van der Waals surface area contributed by atoms with Crippen LogP contribution in [0.2, 0.25) is 0 Å². The van der Waals surface area contributed by atoms with Gasteiger partial charge >= 0.3 is 0 Å². The summed E-state index contributed by atoms with van der Waals surface area (Å²) >= 11 is 1.74. The van der Waals surface area contributed by atoms with Gasteiger partial charge in [-0.05, 0) is 31.9 Å². The summed E-state index contributed by atoms with van der Waals surface area (Å²) < 4.78 is 0. The molecule has 2 aromatic heterocycles. The molecule has 0 atom stereocenters. The first-order valence-corrected chi connectivity index (χ1v) is 6.85. The summed E-state index contributed by atoms with van der Waals surface area (Å²) in [6, 6.07) is 4.03. The average Bonchev–Trinajstić information content (AvgIpc) is 3.13. The Morgan fingerprint density at radius 2 is 2.35 bits per heavy atom. The summed E-state index contributed by atoms with van der Waals surface area (Å²) in [4.78, 5) is 8.93. The van der Waals surface area contributed by atoms with Gasteiger partial charge in [-0.2, -0.15) is 0 Å². The minimum absolute atomic E-state index is 0.686. The number of thiazole rings is 1. The summed E-state index contributed by atoms with van der Waals surface area (Å²) in [5.41, 5.74) is 2.37. The van der Waals surface area contributed by atoms with Crippen molar-refractivity contribution < 1.29 is 0 Å². The Kier molecular flexibility index (Phi) is 2.81. The zero-order valence-corrected chi connectivity index (χ0v) is 10.6. The van der Waals surface area contributed by atoms with Crippen LogP contribution in [0.15, 0.2) is 24.5 Å². The van der Waals surface area contributed by atoms with Crippen molar-refractivity contribution >= 4 is 16.3 Å². The van der Waals surface area contributed by atoms with E-state index in [1.807, 2.05) is 12.3 Å². The normalized spacial score (nSPS) is 14.9. The predicted molar refractivity (Wildman–Crippen MR) is 71.5 cm³/mol. The third-order valence-corrected chi connectivity index (χ3v) is 3.94. The van der Waals surface area contributed by atoms with Crippen LogP contribution in [-0.2, 0) is 0 Å². The summed E-state index contributed by atoms with van der Waals surface area (Å²) in [6.07, 6.45) is 6.25. The molecule has 1 fully saturated rings. The van der Waals surface area contributed by atoms with Gasteiger partial charge in [0.15, 0.2) is 0 Å². The second-order valence-corrected chi connectivity index (χ2v) is 5.28. The average molecular weight is 245 g/mol. The highest BCUT2D eigenvalue weighted by molar-refractivity contribution is 7.19. The first kappa shape index (κ1) is 10.7. The standard InChI is InChI=1S/C13H15N3S/c1-2-15-13-11(9-5-6-9)16-12(17-13)10-4-3-7-14-8-10/h3-4,7-9,15H,2,5-6H2,1H3. The third-order valence-electron chi connectivity index (χ3n) is 2.86. The van der Waals surface area contributed by atoms with Crippen molar-refractivity contribution in [3.05, 3.63) is 30.2 Å². The van der Waals surface area contributed by atoms with E-state index in [4.69, 9.17) is 4.98 Å². The van der Waals surface area contributed by atoms with Crippen LogP contribution in [0, 0.1) is 0 Å². The topological polar surface area (TPSA) is 37.8 Å². The van der Waals surface area contributed by atoms with Gasteiger partial charge in [0.1, 0.15) is 10.0 Å². The molecule has 0 bridgehead atoms. The molecule has 0 saturated heterocycles. The molecule has 2 heterocycles. The number of rotatable bonds is 4. The Bertz CT molecular complexity index is 503. The molecule has 0 unspecified atom stereocenters. The molecule has 1 aliphatic rings. The van der Waals surface area contributed by atoms with E-state index in [1.165, 1.54) is 23.5 Å². The van der Waals surface area contributed by atoms with E-state index in [-0.39, 0.29) is 0 Å². The number of aromatic nitrogens is 2. The Balaban J connectivity index is 1.98. The van der Waals surface area contributed by atoms with Crippen LogP contribution in [0.1, 0.15) is 31.4 Å². The van der Waals surface area contributed by atoms with Gasteiger partial charge in [-0.1, -0.05) is 11.3 Å². The van der Waals surface area contributed by atoms with E-state index in [0.717, 1.165) is 17.1 Å². The van der Waals surface area contributed by atoms with E-state index >= 15 is 0 Å². The molecule has 0 radical (unpaired) electrons. The highest BCUT2D eigenvalue weighted by Crippen LogP contribution is 2.46. The molecule has 1 N–H and O–H groups in total. The summed E-state index contributed by atoms with van der Waals surface area (Å²) in [7, 11) is 0. The summed E-state index contributed by atoms with van der Waals surface area (Å²) in [5, 5.41) is 5.75. The maximum Gasteiger partial charge on any atom is 0.127 e. The fourth-order valence-electron chi connectivity index (χ4n) is 1.87. The first-order valence-electron chi connectivity index (χ1n) is 6.03. The van der Waals surface area contributed by atoms with Crippen LogP contribution in [0.4, 0.5) is 5.00 Å². The highest BCUT2D eigenvalue weighted by Gasteiger charge is 2.29. The Hall–Kier alpha value is -1.42. The van der Waals surface area contributed by atoms with Gasteiger partial charge in [-0.15, -0.1) is 0 Å². The number of hydrogen-bond acceptors (Lipinski definition) is 4. The largest absolute Gasteiger partial charge is 0.376 e. The van der Waals surface area contributed by atoms with Gasteiger partial charge in [0.05, 0.1) is 5.69 Å². The van der Waals surface area contributed by atoms with Crippen molar-refractivity contribution in [3.63, 3.8) is 0 Å². The minimum Gasteiger partial charge on any atom is -0.376 e. The summed E-state index contributed by atoms with van der Waals surface area (Å²) in [6.45, 7) is 3.08. The molecule has 17 heavy (non-hydrogen) atoms. The smallest absolute Gasteiger partial charge is 0.127 e. The van der Waals surface area contributed by atoms with Crippen LogP contribution >= 0.6 is 11.3 Å². The van der Waals surface area contributed by atoms with Crippen LogP contribution in [0.3, 0.4) is 0 Å². The SMILES string of the molecule is CCNc1sc(-c2cccnc2)nc1C1CC1. The van der Waals surface area contributed by atoms with Crippen molar-refractivity contribution in [2.75, 3.05) is 11.9 Å². The lowest BCUT2D eigenvalue weighted by Crippen LogP contribution is -1.96. The number of nitrogens with one attached hydrogen (secondary N) is 1. The minimum atomic E-state index is 0.686. The summed E-state index contributed by atoms with van der Waals surface area (Å²) in [5.74, 6) is 0.686. The second kappa shape index (κ2) is 4.45. The van der Waals surface area contributed by atoms with Crippen molar-refractivity contribution in [2.45, 2.75) is 25.7 Å². The van der Waals surface area contributed by atoms with E-state index in [1.54, 1.807) is 17.5 Å². The maximum absolute atomic E-state index is 4.78. The van der Waals surface area contributed by atoms with Crippen LogP contribution < -0.4 is 5.32 Å². The van der Waals surface area contributed by atoms with Crippen molar-refractivity contribution in [1.82, 2.24) is 9.97 Å². The molecule has 0 aromatic carbocycles. The zero-order valence-electron chi connectivity index (χ0n) is 9.81. The molecule has 1 saturated carbocycles. The molecular weight excluding hydrogens is 230 g/mol. The van der Waals surface area contributed by atoms with E-state index < -0.39 is 0 Å². The van der Waals surface area contributed by atoms with Crippen LogP contribution in [0.25, 0.3) is 10.6 Å². The Labute approximate surface area is 105 Å². The molecule has 88 valence electrons. The Morgan fingerprint density at radius 3 is 3.00 bits per heavy atom. The van der Waals surface area contributed by atoms with Gasteiger partial charge in [-0.25, -0.2) is 4.98 Å². The molecular formula is C13H15N3S. The van der Waals surface area contributed by atoms with Gasteiger partial charge in [0, 0.05) is 30.4 Å². The molecule has 0 amide bonds. The van der Waals surface area contributed by atoms with E-state index in [0.29, 0.717) is 5.92 Å². The number of anilines is 1. The lowest BCUT2D eigenvalue weighted by atomic mass is 10.3. The number of hydrogen-bond donors (Lipinski definition) is 1. The molecule has 0 aliphatic heterocycles. The molecule has 3 nitrogen and oxygen atoms in total. The maximum atomic E-state index is 4.78. The molecule has 3 rings (SSSR count). The van der Waals surface area contributed by atoms with Crippen LogP contribution in [0.5, 0.6) is 0 Å². The third kappa shape index (κ3) is 2.17. The van der Waals surface area contributed by atoms with Crippen LogP contribution in [-0.4, -0.2) is 16.5 Å². The molecule has 2 aromatic rings. The lowest BCUT2D eigenvalue weighted by Gasteiger charge is -2.00. The second-order valence-electron chi connectivity index (χ2n) is 4.28. The zero-order chi connectivity index (χ0) is 11.7. The van der Waals surface area contributed by atoms with Crippen molar-refractivity contribution in [3.8, 4) is 10.6 Å². The molecule has 4 heteroatoms. The van der Waals surface area contributed by atoms with Crippen molar-refractivity contribution in [1.29, 1.82) is 0 Å². The number of pyridine rings is 1. The Morgan fingerprint density at radius 1 is 1.47 bits per heavy atom. The fraction of sp³-hybridized carbons (Fsp3) is 0.385. The highest BCUT2D eigenvalue weighted by atomic mass is 32.1. The van der Waals surface area contributed by atoms with Gasteiger partial charge in [0.2, 0.25) is 0 Å². The fourth-order valence-corrected chi connectivity index (χ4v) is 2.97. The number of nitrogens with zero attached hydrogens (tertiary/aromatic N) is 2. The monoisotopic (exact) mass is 245 g/mol. The van der Waals surface area contributed by atoms with E-state index in [9.17, 15) is 0 Å². The molecule has 1 aliphatic carbocycles. The van der Waals surface area contributed by atoms with Gasteiger partial charge in [-0.3, -0.25) is 4.98 Å².